The van der Waals surface area contributed by atoms with E-state index in [9.17, 15) is 4.79 Å². The van der Waals surface area contributed by atoms with Gasteiger partial charge in [-0.3, -0.25) is 4.79 Å². The van der Waals surface area contributed by atoms with Crippen molar-refractivity contribution < 1.29 is 9.53 Å². The summed E-state index contributed by atoms with van der Waals surface area (Å²) in [5.74, 6) is 0.885. The summed E-state index contributed by atoms with van der Waals surface area (Å²) < 4.78 is 5.84. The third-order valence-electron chi connectivity index (χ3n) is 3.10. The molecule has 0 bridgehead atoms. The van der Waals surface area contributed by atoms with Crippen molar-refractivity contribution in [3.05, 3.63) is 29.8 Å². The summed E-state index contributed by atoms with van der Waals surface area (Å²) in [6.45, 7) is 2.10. The molecule has 1 aromatic carbocycles. The fourth-order valence-corrected chi connectivity index (χ4v) is 2.28. The smallest absolute Gasteiger partial charge is 0.218 e. The number of amides is 1. The van der Waals surface area contributed by atoms with Crippen molar-refractivity contribution in [1.82, 2.24) is 0 Å². The van der Waals surface area contributed by atoms with Crippen LogP contribution in [0.1, 0.15) is 37.7 Å². The van der Waals surface area contributed by atoms with Gasteiger partial charge in [0.1, 0.15) is 5.75 Å². The molecule has 2 unspecified atom stereocenters. The first kappa shape index (κ1) is 11.0. The van der Waals surface area contributed by atoms with Crippen LogP contribution in [0.15, 0.2) is 24.3 Å². The van der Waals surface area contributed by atoms with Crippen molar-refractivity contribution in [2.75, 3.05) is 0 Å². The molecule has 1 aliphatic rings. The van der Waals surface area contributed by atoms with Crippen LogP contribution in [-0.2, 0) is 4.79 Å². The Kier molecular flexibility index (Phi) is 3.13. The molecule has 86 valence electrons. The van der Waals surface area contributed by atoms with Crippen molar-refractivity contribution in [3.63, 3.8) is 0 Å². The van der Waals surface area contributed by atoms with E-state index in [0.717, 1.165) is 24.2 Å². The van der Waals surface area contributed by atoms with E-state index in [-0.39, 0.29) is 17.9 Å². The van der Waals surface area contributed by atoms with Crippen LogP contribution in [-0.4, -0.2) is 12.0 Å². The third-order valence-corrected chi connectivity index (χ3v) is 3.10. The highest BCUT2D eigenvalue weighted by molar-refractivity contribution is 5.75. The second kappa shape index (κ2) is 4.56. The molecule has 0 saturated carbocycles. The average Bonchev–Trinajstić information content (AvgIpc) is 2.28. The van der Waals surface area contributed by atoms with Gasteiger partial charge in [-0.2, -0.15) is 0 Å². The third kappa shape index (κ3) is 2.18. The van der Waals surface area contributed by atoms with Crippen LogP contribution in [0.5, 0.6) is 5.75 Å². The predicted molar refractivity (Wildman–Crippen MR) is 62.3 cm³/mol. The molecule has 1 aromatic rings. The van der Waals surface area contributed by atoms with Gasteiger partial charge in [0.15, 0.2) is 0 Å². The number of carbonyl (C=O) groups excluding carboxylic acids is 1. The van der Waals surface area contributed by atoms with Gasteiger partial charge in [-0.15, -0.1) is 0 Å². The van der Waals surface area contributed by atoms with Gasteiger partial charge in [0.2, 0.25) is 5.91 Å². The van der Waals surface area contributed by atoms with Crippen LogP contribution in [0.2, 0.25) is 0 Å². The first-order chi connectivity index (χ1) is 7.70. The zero-order valence-corrected chi connectivity index (χ0v) is 9.48. The molecule has 0 radical (unpaired) electrons. The fourth-order valence-electron chi connectivity index (χ4n) is 2.28. The summed E-state index contributed by atoms with van der Waals surface area (Å²) >= 11 is 0. The molecule has 0 aromatic heterocycles. The zero-order chi connectivity index (χ0) is 11.5. The van der Waals surface area contributed by atoms with E-state index >= 15 is 0 Å². The van der Waals surface area contributed by atoms with Gasteiger partial charge in [0.05, 0.1) is 6.10 Å². The average molecular weight is 219 g/mol. The van der Waals surface area contributed by atoms with Crippen molar-refractivity contribution in [2.24, 2.45) is 5.73 Å². The summed E-state index contributed by atoms with van der Waals surface area (Å²) in [7, 11) is 0. The Morgan fingerprint density at radius 1 is 1.50 bits per heavy atom. The zero-order valence-electron chi connectivity index (χ0n) is 9.48. The van der Waals surface area contributed by atoms with E-state index in [1.165, 1.54) is 0 Å². The molecule has 1 aliphatic heterocycles. The second-order valence-corrected chi connectivity index (χ2v) is 4.29. The molecule has 2 rings (SSSR count). The summed E-state index contributed by atoms with van der Waals surface area (Å²) in [4.78, 5) is 11.1. The largest absolute Gasteiger partial charge is 0.490 e. The SMILES string of the molecule is CCC1CC(CC(N)=O)c2ccccc2O1. The predicted octanol–water partition coefficient (Wildman–Crippen LogP) is 2.21. The monoisotopic (exact) mass is 219 g/mol. The highest BCUT2D eigenvalue weighted by Gasteiger charge is 2.27. The number of nitrogens with two attached hydrogens (primary N) is 1. The molecular formula is C13H17NO2. The van der Waals surface area contributed by atoms with E-state index in [4.69, 9.17) is 10.5 Å². The van der Waals surface area contributed by atoms with Gasteiger partial charge in [0.25, 0.3) is 0 Å². The number of benzene rings is 1. The van der Waals surface area contributed by atoms with Crippen LogP contribution in [0.3, 0.4) is 0 Å². The first-order valence-corrected chi connectivity index (χ1v) is 5.74. The Bertz CT molecular complexity index is 389. The lowest BCUT2D eigenvalue weighted by Crippen LogP contribution is -2.27. The molecule has 0 saturated heterocycles. The Balaban J connectivity index is 2.27. The van der Waals surface area contributed by atoms with Gasteiger partial charge < -0.3 is 10.5 Å². The van der Waals surface area contributed by atoms with Crippen LogP contribution in [0, 0.1) is 0 Å². The number of para-hydroxylation sites is 1. The maximum atomic E-state index is 11.1. The maximum absolute atomic E-state index is 11.1. The quantitative estimate of drug-likeness (QED) is 0.847. The van der Waals surface area contributed by atoms with E-state index in [1.54, 1.807) is 0 Å². The van der Waals surface area contributed by atoms with Crippen molar-refractivity contribution in [1.29, 1.82) is 0 Å². The van der Waals surface area contributed by atoms with Gasteiger partial charge in [-0.25, -0.2) is 0 Å². The lowest BCUT2D eigenvalue weighted by atomic mass is 9.86. The molecule has 16 heavy (non-hydrogen) atoms. The minimum absolute atomic E-state index is 0.208. The molecule has 2 N–H and O–H groups in total. The van der Waals surface area contributed by atoms with Gasteiger partial charge in [0, 0.05) is 6.42 Å². The van der Waals surface area contributed by atoms with E-state index in [1.807, 2.05) is 24.3 Å². The minimum Gasteiger partial charge on any atom is -0.490 e. The second-order valence-electron chi connectivity index (χ2n) is 4.29. The molecule has 1 heterocycles. The summed E-state index contributed by atoms with van der Waals surface area (Å²) in [5.41, 5.74) is 6.40. The fraction of sp³-hybridized carbons (Fsp3) is 0.462. The number of fused-ring (bicyclic) bond motifs is 1. The highest BCUT2D eigenvalue weighted by Crippen LogP contribution is 2.38. The number of ether oxygens (including phenoxy) is 1. The Hall–Kier alpha value is -1.51. The molecule has 3 nitrogen and oxygen atoms in total. The standard InChI is InChI=1S/C13H17NO2/c1-2-10-7-9(8-13(14)15)11-5-3-4-6-12(11)16-10/h3-6,9-10H,2,7-8H2,1H3,(H2,14,15). The Morgan fingerprint density at radius 3 is 2.94 bits per heavy atom. The summed E-state index contributed by atoms with van der Waals surface area (Å²) in [5, 5.41) is 0. The molecular weight excluding hydrogens is 202 g/mol. The maximum Gasteiger partial charge on any atom is 0.218 e. The van der Waals surface area contributed by atoms with Gasteiger partial charge >= 0.3 is 0 Å². The van der Waals surface area contributed by atoms with Crippen LogP contribution >= 0.6 is 0 Å². The topological polar surface area (TPSA) is 52.3 Å². The highest BCUT2D eigenvalue weighted by atomic mass is 16.5. The van der Waals surface area contributed by atoms with Gasteiger partial charge in [-0.1, -0.05) is 25.1 Å². The lowest BCUT2D eigenvalue weighted by molar-refractivity contribution is -0.118. The Labute approximate surface area is 95.6 Å². The molecule has 0 fully saturated rings. The summed E-state index contributed by atoms with van der Waals surface area (Å²) in [6.07, 6.45) is 2.47. The van der Waals surface area contributed by atoms with Gasteiger partial charge in [-0.05, 0) is 30.4 Å². The van der Waals surface area contributed by atoms with E-state index < -0.39 is 0 Å². The molecule has 3 heteroatoms. The molecule has 2 atom stereocenters. The Morgan fingerprint density at radius 2 is 2.25 bits per heavy atom. The van der Waals surface area contributed by atoms with E-state index in [0.29, 0.717) is 6.42 Å². The van der Waals surface area contributed by atoms with E-state index in [2.05, 4.69) is 6.92 Å². The number of hydrogen-bond donors (Lipinski definition) is 1. The molecule has 1 amide bonds. The molecule has 0 aliphatic carbocycles. The van der Waals surface area contributed by atoms with Crippen molar-refractivity contribution in [3.8, 4) is 5.75 Å². The number of carbonyl (C=O) groups is 1. The number of hydrogen-bond acceptors (Lipinski definition) is 2. The minimum atomic E-state index is -0.239. The van der Waals surface area contributed by atoms with Crippen molar-refractivity contribution in [2.45, 2.75) is 38.2 Å². The van der Waals surface area contributed by atoms with Crippen LogP contribution < -0.4 is 10.5 Å². The number of rotatable bonds is 3. The van der Waals surface area contributed by atoms with Crippen LogP contribution in [0.25, 0.3) is 0 Å². The molecule has 0 spiro atoms. The number of primary amides is 1. The summed E-state index contributed by atoms with van der Waals surface area (Å²) in [6, 6.07) is 7.92. The normalized spacial score (nSPS) is 23.3. The lowest BCUT2D eigenvalue weighted by Gasteiger charge is -2.31. The van der Waals surface area contributed by atoms with Crippen molar-refractivity contribution >= 4 is 5.91 Å². The first-order valence-electron chi connectivity index (χ1n) is 5.74. The van der Waals surface area contributed by atoms with Crippen LogP contribution in [0.4, 0.5) is 0 Å².